The molecule has 0 N–H and O–H groups in total. The van der Waals surface area contributed by atoms with Crippen LogP contribution in [0.2, 0.25) is 16.6 Å². The van der Waals surface area contributed by atoms with E-state index in [2.05, 4.69) is 84.9 Å². The van der Waals surface area contributed by atoms with Gasteiger partial charge in [0.1, 0.15) is 0 Å². The number of hydrogen-bond acceptors (Lipinski definition) is 2. The molecule has 0 aromatic heterocycles. The Morgan fingerprint density at radius 3 is 1.97 bits per heavy atom. The molecule has 0 heterocycles. The first-order valence-corrected chi connectivity index (χ1v) is 13.9. The van der Waals surface area contributed by atoms with Crippen molar-refractivity contribution >= 4 is 42.5 Å². The van der Waals surface area contributed by atoms with Gasteiger partial charge in [0.15, 0.2) is 0 Å². The highest BCUT2D eigenvalue weighted by Crippen LogP contribution is 2.42. The molecule has 0 aliphatic carbocycles. The number of benzene rings is 1. The largest absolute Gasteiger partial charge is 0.412 e. The summed E-state index contributed by atoms with van der Waals surface area (Å²) < 4.78 is 7.76. The minimum absolute atomic E-state index is 0.0381. The fraction of sp³-hybridized carbons (Fsp3) is 0.625. The SMILES string of the molecule is CC(C)[Si](OC/C=C(\C(=O)N(C)c1ccccc1I)C(C)(C)C)(C(C)C)C(C)C. The van der Waals surface area contributed by atoms with E-state index in [1.165, 1.54) is 0 Å². The maximum absolute atomic E-state index is 13.4. The van der Waals surface area contributed by atoms with E-state index in [1.807, 2.05) is 37.4 Å². The standard InChI is InChI=1S/C24H40INO2Si/c1-17(2)29(18(3)4,19(5)6)28-16-15-20(24(7,8)9)23(27)26(10)22-14-12-11-13-21(22)25/h11-15,17-19H,16H2,1-10H3/b20-15+. The Kier molecular flexibility index (Phi) is 9.62. The molecule has 5 heteroatoms. The Balaban J connectivity index is 3.21. The lowest BCUT2D eigenvalue weighted by Crippen LogP contribution is -2.47. The van der Waals surface area contributed by atoms with Gasteiger partial charge in [-0.15, -0.1) is 0 Å². The summed E-state index contributed by atoms with van der Waals surface area (Å²) in [6, 6.07) is 7.98. The first-order chi connectivity index (χ1) is 13.3. The first-order valence-electron chi connectivity index (χ1n) is 10.6. The second-order valence-corrected chi connectivity index (χ2v) is 16.4. The van der Waals surface area contributed by atoms with Crippen LogP contribution in [0.1, 0.15) is 62.3 Å². The van der Waals surface area contributed by atoms with Gasteiger partial charge in [-0.2, -0.15) is 0 Å². The van der Waals surface area contributed by atoms with Gasteiger partial charge in [0.2, 0.25) is 8.32 Å². The average Bonchev–Trinajstić information content (AvgIpc) is 2.59. The van der Waals surface area contributed by atoms with Crippen LogP contribution in [0.4, 0.5) is 5.69 Å². The Morgan fingerprint density at radius 2 is 1.55 bits per heavy atom. The Morgan fingerprint density at radius 1 is 1.07 bits per heavy atom. The normalized spacial score (nSPS) is 13.5. The fourth-order valence-corrected chi connectivity index (χ4v) is 10.6. The van der Waals surface area contributed by atoms with Crippen LogP contribution in [-0.4, -0.2) is 27.9 Å². The lowest BCUT2D eigenvalue weighted by atomic mass is 9.85. The molecule has 0 spiro atoms. The molecule has 0 aliphatic heterocycles. The van der Waals surface area contributed by atoms with Crippen molar-refractivity contribution < 1.29 is 9.22 Å². The molecule has 0 fully saturated rings. The molecule has 0 saturated heterocycles. The monoisotopic (exact) mass is 529 g/mol. The zero-order valence-electron chi connectivity index (χ0n) is 20.0. The van der Waals surface area contributed by atoms with E-state index in [1.54, 1.807) is 4.90 Å². The van der Waals surface area contributed by atoms with Gasteiger partial charge in [-0.25, -0.2) is 0 Å². The highest BCUT2D eigenvalue weighted by molar-refractivity contribution is 14.1. The second-order valence-electron chi connectivity index (χ2n) is 9.81. The Labute approximate surface area is 193 Å². The zero-order valence-corrected chi connectivity index (χ0v) is 23.1. The molecule has 0 radical (unpaired) electrons. The van der Waals surface area contributed by atoms with Gasteiger partial charge in [0.05, 0.1) is 12.3 Å². The number of amides is 1. The molecule has 0 bridgehead atoms. The quantitative estimate of drug-likeness (QED) is 0.199. The molecule has 1 aromatic rings. The summed E-state index contributed by atoms with van der Waals surface area (Å²) in [6.45, 7) is 20.5. The molecule has 0 saturated carbocycles. The highest BCUT2D eigenvalue weighted by atomic mass is 127. The van der Waals surface area contributed by atoms with Crippen molar-refractivity contribution in [3.05, 3.63) is 39.5 Å². The third-order valence-electron chi connectivity index (χ3n) is 5.88. The molecular formula is C24H40INO2Si. The van der Waals surface area contributed by atoms with E-state index in [0.717, 1.165) is 14.8 Å². The molecule has 0 atom stereocenters. The van der Waals surface area contributed by atoms with Crippen LogP contribution < -0.4 is 4.90 Å². The van der Waals surface area contributed by atoms with Gasteiger partial charge in [-0.05, 0) is 56.8 Å². The predicted molar refractivity (Wildman–Crippen MR) is 137 cm³/mol. The number of anilines is 1. The minimum Gasteiger partial charge on any atom is -0.412 e. The Bertz CT molecular complexity index is 698. The molecule has 1 rings (SSSR count). The van der Waals surface area contributed by atoms with Crippen LogP contribution in [0.3, 0.4) is 0 Å². The van der Waals surface area contributed by atoms with Crippen LogP contribution in [0.15, 0.2) is 35.9 Å². The van der Waals surface area contributed by atoms with Gasteiger partial charge in [-0.3, -0.25) is 4.79 Å². The van der Waals surface area contributed by atoms with Crippen LogP contribution in [-0.2, 0) is 9.22 Å². The predicted octanol–water partition coefficient (Wildman–Crippen LogP) is 7.42. The van der Waals surface area contributed by atoms with Crippen LogP contribution >= 0.6 is 22.6 Å². The number of carbonyl (C=O) groups is 1. The van der Waals surface area contributed by atoms with Crippen LogP contribution in [0.5, 0.6) is 0 Å². The zero-order chi connectivity index (χ0) is 22.6. The van der Waals surface area contributed by atoms with Gasteiger partial charge < -0.3 is 9.33 Å². The third-order valence-corrected chi connectivity index (χ3v) is 12.9. The average molecular weight is 530 g/mol. The van der Waals surface area contributed by atoms with E-state index in [0.29, 0.717) is 23.2 Å². The topological polar surface area (TPSA) is 29.5 Å². The fourth-order valence-electron chi connectivity index (χ4n) is 4.50. The number of carbonyl (C=O) groups excluding carboxylic acids is 1. The van der Waals surface area contributed by atoms with Crippen molar-refractivity contribution in [1.82, 2.24) is 0 Å². The molecule has 29 heavy (non-hydrogen) atoms. The van der Waals surface area contributed by atoms with Crippen LogP contribution in [0, 0.1) is 8.99 Å². The van der Waals surface area contributed by atoms with Crippen molar-refractivity contribution in [1.29, 1.82) is 0 Å². The van der Waals surface area contributed by atoms with Crippen molar-refractivity contribution in [2.45, 2.75) is 78.9 Å². The summed E-state index contributed by atoms with van der Waals surface area (Å²) in [5.41, 5.74) is 3.06. The molecule has 1 aromatic carbocycles. The number of nitrogens with zero attached hydrogens (tertiary/aromatic N) is 1. The minimum atomic E-state index is -1.96. The van der Waals surface area contributed by atoms with E-state index in [4.69, 9.17) is 4.43 Å². The molecular weight excluding hydrogens is 489 g/mol. The van der Waals surface area contributed by atoms with Crippen molar-refractivity contribution in [2.24, 2.45) is 5.41 Å². The van der Waals surface area contributed by atoms with Crippen molar-refractivity contribution in [2.75, 3.05) is 18.6 Å². The van der Waals surface area contributed by atoms with E-state index in [-0.39, 0.29) is 11.3 Å². The molecule has 164 valence electrons. The second kappa shape index (κ2) is 10.6. The summed E-state index contributed by atoms with van der Waals surface area (Å²) in [7, 11) is -0.102. The Hall–Kier alpha value is -0.663. The number of halogens is 1. The highest BCUT2D eigenvalue weighted by Gasteiger charge is 2.44. The van der Waals surface area contributed by atoms with E-state index < -0.39 is 8.32 Å². The van der Waals surface area contributed by atoms with Crippen molar-refractivity contribution in [3.63, 3.8) is 0 Å². The van der Waals surface area contributed by atoms with Crippen molar-refractivity contribution in [3.8, 4) is 0 Å². The lowest BCUT2D eigenvalue weighted by molar-refractivity contribution is -0.115. The maximum atomic E-state index is 13.4. The van der Waals surface area contributed by atoms with Gasteiger partial charge in [0, 0.05) is 16.2 Å². The van der Waals surface area contributed by atoms with E-state index in [9.17, 15) is 4.79 Å². The maximum Gasteiger partial charge on any atom is 0.254 e. The summed E-state index contributed by atoms with van der Waals surface area (Å²) in [4.78, 5) is 15.2. The number of likely N-dealkylation sites (N-methyl/N-ethyl adjacent to an activating group) is 1. The molecule has 1 amide bonds. The molecule has 0 unspecified atom stereocenters. The van der Waals surface area contributed by atoms with E-state index >= 15 is 0 Å². The summed E-state index contributed by atoms with van der Waals surface area (Å²) in [6.07, 6.45) is 2.03. The van der Waals surface area contributed by atoms with Gasteiger partial charge in [0.25, 0.3) is 5.91 Å². The van der Waals surface area contributed by atoms with Gasteiger partial charge >= 0.3 is 0 Å². The lowest BCUT2D eigenvalue weighted by Gasteiger charge is -2.42. The first kappa shape index (κ1) is 26.4. The summed E-state index contributed by atoms with van der Waals surface area (Å²) in [5, 5.41) is 0. The number of rotatable bonds is 8. The van der Waals surface area contributed by atoms with Crippen LogP contribution in [0.25, 0.3) is 0 Å². The molecule has 3 nitrogen and oxygen atoms in total. The number of para-hydroxylation sites is 1. The number of hydrogen-bond donors (Lipinski definition) is 0. The van der Waals surface area contributed by atoms with Gasteiger partial charge in [-0.1, -0.05) is 80.5 Å². The third kappa shape index (κ3) is 6.17. The summed E-state index contributed by atoms with van der Waals surface area (Å²) >= 11 is 2.28. The smallest absolute Gasteiger partial charge is 0.254 e. The molecule has 0 aliphatic rings. The summed E-state index contributed by atoms with van der Waals surface area (Å²) in [5.74, 6) is 0.0381.